The van der Waals surface area contributed by atoms with Gasteiger partial charge in [0, 0.05) is 30.6 Å². The first-order chi connectivity index (χ1) is 24.7. The Kier molecular flexibility index (Phi) is 36.9. The summed E-state index contributed by atoms with van der Waals surface area (Å²) in [7, 11) is 6.71. The number of hydrogen-bond donors (Lipinski definition) is 0. The lowest BCUT2D eigenvalue weighted by Gasteiger charge is -2.28. The fourth-order valence-corrected chi connectivity index (χ4v) is 10.3. The van der Waals surface area contributed by atoms with Crippen LogP contribution in [-0.4, -0.2) is 60.6 Å². The van der Waals surface area contributed by atoms with E-state index in [1.807, 2.05) is 0 Å². The molecule has 300 valence electrons. The van der Waals surface area contributed by atoms with Crippen molar-refractivity contribution < 1.29 is 0 Å². The quantitative estimate of drug-likeness (QED) is 0.0454. The third-order valence-electron chi connectivity index (χ3n) is 12.0. The van der Waals surface area contributed by atoms with Crippen LogP contribution in [-0.2, 0) is 0 Å². The molecular weight excluding hydrogens is 645 g/mol. The molecule has 1 fully saturated rings. The van der Waals surface area contributed by atoms with Crippen molar-refractivity contribution in [1.29, 1.82) is 0 Å². The van der Waals surface area contributed by atoms with Gasteiger partial charge in [-0.25, -0.2) is 0 Å². The van der Waals surface area contributed by atoms with Crippen molar-refractivity contribution in [2.45, 2.75) is 239 Å². The molecule has 0 aromatic heterocycles. The van der Waals surface area contributed by atoms with Crippen LogP contribution in [0.15, 0.2) is 0 Å². The lowest BCUT2D eigenvalue weighted by molar-refractivity contribution is 0.221. The van der Waals surface area contributed by atoms with Gasteiger partial charge in [0.2, 0.25) is 0 Å². The van der Waals surface area contributed by atoms with Crippen molar-refractivity contribution in [3.63, 3.8) is 0 Å². The molecule has 0 bridgehead atoms. The van der Waals surface area contributed by atoms with E-state index >= 15 is 0 Å². The molecular formula is C46H94N2S2. The van der Waals surface area contributed by atoms with E-state index in [9.17, 15) is 0 Å². The fraction of sp³-hybridized carbons (Fsp3) is 1.00. The van der Waals surface area contributed by atoms with Crippen molar-refractivity contribution >= 4 is 21.6 Å². The van der Waals surface area contributed by atoms with Crippen LogP contribution in [0, 0.1) is 11.8 Å². The highest BCUT2D eigenvalue weighted by atomic mass is 33.1. The SMILES string of the molecule is CCCCCCCCCCCN(CC)CCSSCCN(C)C(CCCCCCCCC)CCCCCCCC1CC1CCCCCCCC. The second-order valence-electron chi connectivity index (χ2n) is 16.6. The maximum Gasteiger partial charge on any atom is 0.0165 e. The number of rotatable bonds is 42. The van der Waals surface area contributed by atoms with E-state index in [0.29, 0.717) is 0 Å². The second-order valence-corrected chi connectivity index (χ2v) is 19.3. The van der Waals surface area contributed by atoms with Crippen molar-refractivity contribution in [2.24, 2.45) is 11.8 Å². The monoisotopic (exact) mass is 739 g/mol. The third-order valence-corrected chi connectivity index (χ3v) is 14.4. The maximum atomic E-state index is 2.75. The first kappa shape index (κ1) is 48.6. The van der Waals surface area contributed by atoms with Crippen LogP contribution in [0.2, 0.25) is 0 Å². The zero-order valence-electron chi connectivity index (χ0n) is 35.3. The molecule has 0 saturated heterocycles. The van der Waals surface area contributed by atoms with Gasteiger partial charge in [0.05, 0.1) is 0 Å². The van der Waals surface area contributed by atoms with Gasteiger partial charge in [-0.1, -0.05) is 229 Å². The van der Waals surface area contributed by atoms with Gasteiger partial charge in [-0.3, -0.25) is 0 Å². The molecule has 0 amide bonds. The molecule has 3 unspecified atom stereocenters. The van der Waals surface area contributed by atoms with Crippen molar-refractivity contribution in [1.82, 2.24) is 9.80 Å². The molecule has 0 radical (unpaired) electrons. The van der Waals surface area contributed by atoms with Crippen molar-refractivity contribution in [3.8, 4) is 0 Å². The molecule has 1 rings (SSSR count). The van der Waals surface area contributed by atoms with Crippen LogP contribution in [0.1, 0.15) is 233 Å². The number of nitrogens with zero attached hydrogens (tertiary/aromatic N) is 2. The summed E-state index contributed by atoms with van der Waals surface area (Å²) < 4.78 is 0. The molecule has 1 aliphatic rings. The minimum absolute atomic E-state index is 0.803. The van der Waals surface area contributed by atoms with Gasteiger partial charge < -0.3 is 9.80 Å². The molecule has 3 atom stereocenters. The Morgan fingerprint density at radius 3 is 1.26 bits per heavy atom. The van der Waals surface area contributed by atoms with E-state index in [4.69, 9.17) is 0 Å². The molecule has 4 heteroatoms. The van der Waals surface area contributed by atoms with E-state index in [2.05, 4.69) is 66.1 Å². The third kappa shape index (κ3) is 31.0. The van der Waals surface area contributed by atoms with E-state index in [0.717, 1.165) is 17.9 Å². The van der Waals surface area contributed by atoms with Crippen LogP contribution in [0.4, 0.5) is 0 Å². The zero-order valence-corrected chi connectivity index (χ0v) is 36.9. The van der Waals surface area contributed by atoms with E-state index in [1.165, 1.54) is 230 Å². The molecule has 0 spiro atoms. The normalized spacial score (nSPS) is 16.6. The molecule has 1 aliphatic carbocycles. The summed E-state index contributed by atoms with van der Waals surface area (Å²) in [6.45, 7) is 14.4. The summed E-state index contributed by atoms with van der Waals surface area (Å²) in [5.74, 6) is 4.78. The molecule has 0 N–H and O–H groups in total. The smallest absolute Gasteiger partial charge is 0.0165 e. The molecule has 0 aliphatic heterocycles. The number of unbranched alkanes of at least 4 members (excludes halogenated alkanes) is 23. The molecule has 50 heavy (non-hydrogen) atoms. The minimum atomic E-state index is 0.803. The summed E-state index contributed by atoms with van der Waals surface area (Å²) in [5.41, 5.74) is 0. The molecule has 0 heterocycles. The van der Waals surface area contributed by atoms with E-state index < -0.39 is 0 Å². The first-order valence-corrected chi connectivity index (χ1v) is 25.8. The first-order valence-electron chi connectivity index (χ1n) is 23.3. The Hall–Kier alpha value is 0.620. The summed E-state index contributed by atoms with van der Waals surface area (Å²) in [4.78, 5) is 5.45. The Bertz CT molecular complexity index is 660. The Morgan fingerprint density at radius 2 is 0.820 bits per heavy atom. The predicted molar refractivity (Wildman–Crippen MR) is 235 cm³/mol. The van der Waals surface area contributed by atoms with Gasteiger partial charge in [-0.15, -0.1) is 0 Å². The summed E-state index contributed by atoms with van der Waals surface area (Å²) >= 11 is 0. The lowest BCUT2D eigenvalue weighted by atomic mass is 9.98. The molecule has 0 aromatic rings. The average Bonchev–Trinajstić information content (AvgIpc) is 3.88. The van der Waals surface area contributed by atoms with Crippen LogP contribution in [0.25, 0.3) is 0 Å². The van der Waals surface area contributed by atoms with Gasteiger partial charge in [0.1, 0.15) is 0 Å². The van der Waals surface area contributed by atoms with Gasteiger partial charge in [0.15, 0.2) is 0 Å². The predicted octanol–water partition coefficient (Wildman–Crippen LogP) is 15.8. The van der Waals surface area contributed by atoms with Crippen LogP contribution >= 0.6 is 21.6 Å². The molecule has 0 aromatic carbocycles. The topological polar surface area (TPSA) is 6.48 Å². The van der Waals surface area contributed by atoms with Crippen molar-refractivity contribution in [3.05, 3.63) is 0 Å². The molecule has 2 nitrogen and oxygen atoms in total. The highest BCUT2D eigenvalue weighted by molar-refractivity contribution is 8.76. The second kappa shape index (κ2) is 37.9. The van der Waals surface area contributed by atoms with Crippen LogP contribution in [0.3, 0.4) is 0 Å². The Labute approximate surface area is 325 Å². The lowest BCUT2D eigenvalue weighted by Crippen LogP contribution is -2.33. The van der Waals surface area contributed by atoms with E-state index in [1.54, 1.807) is 12.8 Å². The largest absolute Gasteiger partial charge is 0.303 e. The highest BCUT2D eigenvalue weighted by Gasteiger charge is 2.35. The average molecular weight is 739 g/mol. The zero-order chi connectivity index (χ0) is 36.2. The van der Waals surface area contributed by atoms with Gasteiger partial charge in [0.25, 0.3) is 0 Å². The van der Waals surface area contributed by atoms with Crippen LogP contribution in [0.5, 0.6) is 0 Å². The summed E-state index contributed by atoms with van der Waals surface area (Å²) in [6, 6.07) is 0.803. The van der Waals surface area contributed by atoms with Gasteiger partial charge in [-0.05, 0) is 57.7 Å². The van der Waals surface area contributed by atoms with Crippen molar-refractivity contribution in [2.75, 3.05) is 44.7 Å². The standard InChI is InChI=1S/C46H94N2S2/c1-6-10-13-16-19-20-22-28-33-38-48(9-4)40-42-50-49-41-39-47(5)46(36-31-26-21-17-14-11-7-2)37-32-27-23-25-30-35-45-43-44(45)34-29-24-18-15-12-8-3/h44-46H,6-43H2,1-5H3. The Morgan fingerprint density at radius 1 is 0.440 bits per heavy atom. The van der Waals surface area contributed by atoms with Gasteiger partial charge in [-0.2, -0.15) is 0 Å². The van der Waals surface area contributed by atoms with Gasteiger partial charge >= 0.3 is 0 Å². The highest BCUT2D eigenvalue weighted by Crippen LogP contribution is 2.45. The maximum absolute atomic E-state index is 2.75. The Balaban J connectivity index is 2.16. The van der Waals surface area contributed by atoms with Crippen LogP contribution < -0.4 is 0 Å². The summed E-state index contributed by atoms with van der Waals surface area (Å²) in [6.07, 6.45) is 46.6. The number of hydrogen-bond acceptors (Lipinski definition) is 4. The molecule has 1 saturated carbocycles. The summed E-state index contributed by atoms with van der Waals surface area (Å²) in [5, 5.41) is 0. The van der Waals surface area contributed by atoms with E-state index in [-0.39, 0.29) is 0 Å². The fourth-order valence-electron chi connectivity index (χ4n) is 8.17. The minimum Gasteiger partial charge on any atom is -0.303 e.